The van der Waals surface area contributed by atoms with Gasteiger partial charge in [-0.05, 0) is 41.5 Å². The zero-order valence-corrected chi connectivity index (χ0v) is 18.4. The summed E-state index contributed by atoms with van der Waals surface area (Å²) in [6, 6.07) is 21.5. The second-order valence-corrected chi connectivity index (χ2v) is 8.75. The average molecular weight is 449 g/mol. The number of rotatable bonds is 6. The summed E-state index contributed by atoms with van der Waals surface area (Å²) in [4.78, 5) is 19.4. The molecular formula is C24H21ClN4OS. The number of aromatic nitrogens is 1. The van der Waals surface area contributed by atoms with Crippen molar-refractivity contribution in [3.8, 4) is 6.07 Å². The maximum Gasteiger partial charge on any atom is 0.234 e. The highest BCUT2D eigenvalue weighted by atomic mass is 35.5. The number of hydrogen-bond acceptors (Lipinski definition) is 5. The van der Waals surface area contributed by atoms with E-state index in [9.17, 15) is 10.1 Å². The van der Waals surface area contributed by atoms with Crippen LogP contribution in [0.25, 0.3) is 0 Å². The van der Waals surface area contributed by atoms with Gasteiger partial charge in [0.25, 0.3) is 0 Å². The van der Waals surface area contributed by atoms with Crippen LogP contribution in [0.1, 0.15) is 22.4 Å². The van der Waals surface area contributed by atoms with E-state index < -0.39 is 0 Å². The van der Waals surface area contributed by atoms with Gasteiger partial charge in [-0.1, -0.05) is 53.7 Å². The molecule has 0 atom stereocenters. The van der Waals surface area contributed by atoms with E-state index in [1.807, 2.05) is 12.1 Å². The SMILES string of the molecule is N#Cc1cc2c(nc1SCC(=O)Nc1ccc(Cl)cc1)CCN(Cc1ccccc1)C2. The molecule has 0 radical (unpaired) electrons. The Hall–Kier alpha value is -2.85. The molecule has 1 aliphatic heterocycles. The van der Waals surface area contributed by atoms with Crippen LogP contribution in [0.5, 0.6) is 0 Å². The van der Waals surface area contributed by atoms with E-state index in [-0.39, 0.29) is 11.7 Å². The lowest BCUT2D eigenvalue weighted by molar-refractivity contribution is -0.113. The van der Waals surface area contributed by atoms with Crippen molar-refractivity contribution in [2.45, 2.75) is 24.5 Å². The van der Waals surface area contributed by atoms with E-state index in [2.05, 4.69) is 40.6 Å². The zero-order chi connectivity index (χ0) is 21.6. The number of carbonyl (C=O) groups excluding carboxylic acids is 1. The fourth-order valence-electron chi connectivity index (χ4n) is 3.54. The minimum atomic E-state index is -0.148. The molecule has 1 aliphatic rings. The molecule has 0 saturated heterocycles. The molecule has 31 heavy (non-hydrogen) atoms. The van der Waals surface area contributed by atoms with Crippen LogP contribution in [0, 0.1) is 11.3 Å². The van der Waals surface area contributed by atoms with Crippen molar-refractivity contribution in [3.63, 3.8) is 0 Å². The molecule has 156 valence electrons. The average Bonchev–Trinajstić information content (AvgIpc) is 2.79. The molecule has 0 unspecified atom stereocenters. The number of benzene rings is 2. The van der Waals surface area contributed by atoms with Gasteiger partial charge in [-0.2, -0.15) is 5.26 Å². The molecule has 1 N–H and O–H groups in total. The molecule has 0 fully saturated rings. The fourth-order valence-corrected chi connectivity index (χ4v) is 4.44. The first-order valence-corrected chi connectivity index (χ1v) is 11.3. The summed E-state index contributed by atoms with van der Waals surface area (Å²) in [5, 5.41) is 13.7. The molecule has 1 amide bonds. The molecule has 5 nitrogen and oxygen atoms in total. The van der Waals surface area contributed by atoms with Gasteiger partial charge in [0.2, 0.25) is 5.91 Å². The summed E-state index contributed by atoms with van der Waals surface area (Å²) < 4.78 is 0. The Morgan fingerprint density at radius 1 is 1.19 bits per heavy atom. The number of pyridine rings is 1. The first-order valence-electron chi connectivity index (χ1n) is 9.98. The third kappa shape index (κ3) is 5.65. The number of thioether (sulfide) groups is 1. The molecule has 4 rings (SSSR count). The maximum absolute atomic E-state index is 12.3. The summed E-state index contributed by atoms with van der Waals surface area (Å²) in [6.45, 7) is 2.57. The molecule has 0 spiro atoms. The topological polar surface area (TPSA) is 69.0 Å². The van der Waals surface area contributed by atoms with Crippen LogP contribution >= 0.6 is 23.4 Å². The number of nitrogens with zero attached hydrogens (tertiary/aromatic N) is 3. The molecular weight excluding hydrogens is 428 g/mol. The van der Waals surface area contributed by atoms with Crippen molar-refractivity contribution < 1.29 is 4.79 Å². The maximum atomic E-state index is 12.3. The number of nitrogens with one attached hydrogen (secondary N) is 1. The third-order valence-corrected chi connectivity index (χ3v) is 6.30. The summed E-state index contributed by atoms with van der Waals surface area (Å²) in [7, 11) is 0. The molecule has 2 heterocycles. The first-order chi connectivity index (χ1) is 15.1. The van der Waals surface area contributed by atoms with Gasteiger partial charge in [0.05, 0.1) is 11.3 Å². The van der Waals surface area contributed by atoms with Crippen LogP contribution in [-0.2, 0) is 24.3 Å². The second kappa shape index (κ2) is 9.97. The lowest BCUT2D eigenvalue weighted by Crippen LogP contribution is -2.31. The van der Waals surface area contributed by atoms with E-state index in [0.29, 0.717) is 21.3 Å². The van der Waals surface area contributed by atoms with Gasteiger partial charge >= 0.3 is 0 Å². The third-order valence-electron chi connectivity index (χ3n) is 5.05. The largest absolute Gasteiger partial charge is 0.325 e. The number of halogens is 1. The molecule has 0 bridgehead atoms. The Bertz CT molecular complexity index is 1110. The lowest BCUT2D eigenvalue weighted by atomic mass is 10.0. The van der Waals surface area contributed by atoms with Crippen LogP contribution in [0.4, 0.5) is 5.69 Å². The molecule has 7 heteroatoms. The standard InChI is InChI=1S/C24H21ClN4OS/c25-20-6-8-21(9-7-20)27-23(30)16-31-24-18(13-26)12-19-15-29(11-10-22(19)28-24)14-17-4-2-1-3-5-17/h1-9,12H,10-11,14-16H2,(H,27,30). The minimum Gasteiger partial charge on any atom is -0.325 e. The lowest BCUT2D eigenvalue weighted by Gasteiger charge is -2.28. The number of fused-ring (bicyclic) bond motifs is 1. The normalized spacial score (nSPS) is 13.3. The fraction of sp³-hybridized carbons (Fsp3) is 0.208. The van der Waals surface area contributed by atoms with Crippen molar-refractivity contribution in [1.82, 2.24) is 9.88 Å². The van der Waals surface area contributed by atoms with Crippen LogP contribution in [0.2, 0.25) is 5.02 Å². The quantitative estimate of drug-likeness (QED) is 0.543. The number of anilines is 1. The van der Waals surface area contributed by atoms with Crippen LogP contribution in [0.3, 0.4) is 0 Å². The Kier molecular flexibility index (Phi) is 6.88. The van der Waals surface area contributed by atoms with Gasteiger partial charge in [-0.3, -0.25) is 9.69 Å². The van der Waals surface area contributed by atoms with Gasteiger partial charge < -0.3 is 5.32 Å². The molecule has 0 saturated carbocycles. The number of hydrogen-bond donors (Lipinski definition) is 1. The smallest absolute Gasteiger partial charge is 0.234 e. The van der Waals surface area contributed by atoms with E-state index >= 15 is 0 Å². The Labute approximate surface area is 191 Å². The predicted octanol–water partition coefficient (Wildman–Crippen LogP) is 4.90. The Morgan fingerprint density at radius 2 is 1.97 bits per heavy atom. The highest BCUT2D eigenvalue weighted by Crippen LogP contribution is 2.27. The van der Waals surface area contributed by atoms with Crippen LogP contribution in [-0.4, -0.2) is 28.1 Å². The van der Waals surface area contributed by atoms with E-state index in [1.165, 1.54) is 17.3 Å². The summed E-state index contributed by atoms with van der Waals surface area (Å²) in [5.41, 5.74) is 4.59. The van der Waals surface area contributed by atoms with Gasteiger partial charge in [0.1, 0.15) is 11.1 Å². The van der Waals surface area contributed by atoms with Crippen molar-refractivity contribution in [3.05, 3.63) is 88.1 Å². The van der Waals surface area contributed by atoms with E-state index in [0.717, 1.165) is 37.3 Å². The molecule has 2 aromatic carbocycles. The van der Waals surface area contributed by atoms with Gasteiger partial charge in [-0.25, -0.2) is 4.98 Å². The van der Waals surface area contributed by atoms with Crippen molar-refractivity contribution >= 4 is 35.0 Å². The number of nitriles is 1. The highest BCUT2D eigenvalue weighted by Gasteiger charge is 2.20. The van der Waals surface area contributed by atoms with E-state index in [4.69, 9.17) is 16.6 Å². The highest BCUT2D eigenvalue weighted by molar-refractivity contribution is 8.00. The molecule has 0 aliphatic carbocycles. The summed E-state index contributed by atoms with van der Waals surface area (Å²) in [5.74, 6) is 0.0354. The summed E-state index contributed by atoms with van der Waals surface area (Å²) >= 11 is 7.16. The summed E-state index contributed by atoms with van der Waals surface area (Å²) in [6.07, 6.45) is 0.832. The monoisotopic (exact) mass is 448 g/mol. The van der Waals surface area contributed by atoms with Crippen LogP contribution in [0.15, 0.2) is 65.7 Å². The second-order valence-electron chi connectivity index (χ2n) is 7.35. The van der Waals surface area contributed by atoms with Crippen molar-refractivity contribution in [2.24, 2.45) is 0 Å². The predicted molar refractivity (Wildman–Crippen MR) is 124 cm³/mol. The van der Waals surface area contributed by atoms with Gasteiger partial charge in [0, 0.05) is 42.5 Å². The van der Waals surface area contributed by atoms with Gasteiger partial charge in [-0.15, -0.1) is 0 Å². The zero-order valence-electron chi connectivity index (χ0n) is 16.8. The van der Waals surface area contributed by atoms with E-state index in [1.54, 1.807) is 24.3 Å². The Morgan fingerprint density at radius 3 is 2.71 bits per heavy atom. The molecule has 1 aromatic heterocycles. The number of carbonyl (C=O) groups is 1. The van der Waals surface area contributed by atoms with Crippen molar-refractivity contribution in [1.29, 1.82) is 5.26 Å². The molecule has 3 aromatic rings. The van der Waals surface area contributed by atoms with Gasteiger partial charge in [0.15, 0.2) is 0 Å². The van der Waals surface area contributed by atoms with Crippen LogP contribution < -0.4 is 5.32 Å². The van der Waals surface area contributed by atoms with Crippen molar-refractivity contribution in [2.75, 3.05) is 17.6 Å². The Balaban J connectivity index is 1.40. The number of amides is 1. The minimum absolute atomic E-state index is 0.148. The first kappa shape index (κ1) is 21.4.